The molecule has 0 unspecified atom stereocenters. The van der Waals surface area contributed by atoms with Gasteiger partial charge in [0.15, 0.2) is 0 Å². The molecular formula is C21H18O. The zero-order valence-electron chi connectivity index (χ0n) is 13.1. The Bertz CT molecular complexity index is 1030. The molecule has 4 rings (SSSR count). The van der Waals surface area contributed by atoms with Gasteiger partial charge in [0, 0.05) is 0 Å². The Balaban J connectivity index is 2.30. The molecule has 0 amide bonds. The SMILES string of the molecule is COc1ccc2ccc3c(C)c4ccccc4c(C)c3c2c1. The number of benzene rings is 4. The molecule has 0 heterocycles. The van der Waals surface area contributed by atoms with Gasteiger partial charge in [0.25, 0.3) is 0 Å². The molecule has 4 aromatic carbocycles. The number of ether oxygens (including phenoxy) is 1. The first-order valence-corrected chi connectivity index (χ1v) is 7.59. The minimum absolute atomic E-state index is 0.908. The van der Waals surface area contributed by atoms with Gasteiger partial charge < -0.3 is 4.74 Å². The average Bonchev–Trinajstić information content (AvgIpc) is 2.58. The standard InChI is InChI=1S/C21H18O/c1-13-17-6-4-5-7-18(17)14(2)21-19(13)11-9-15-8-10-16(22-3)12-20(15)21/h4-12H,1-3H3. The van der Waals surface area contributed by atoms with Crippen molar-refractivity contribution >= 4 is 32.3 Å². The van der Waals surface area contributed by atoms with E-state index in [2.05, 4.69) is 62.4 Å². The van der Waals surface area contributed by atoms with Crippen LogP contribution in [-0.2, 0) is 0 Å². The van der Waals surface area contributed by atoms with E-state index in [1.165, 1.54) is 43.4 Å². The zero-order valence-corrected chi connectivity index (χ0v) is 13.1. The summed E-state index contributed by atoms with van der Waals surface area (Å²) in [6.07, 6.45) is 0. The van der Waals surface area contributed by atoms with Crippen molar-refractivity contribution < 1.29 is 4.74 Å². The van der Waals surface area contributed by atoms with Gasteiger partial charge in [-0.25, -0.2) is 0 Å². The van der Waals surface area contributed by atoms with Gasteiger partial charge >= 0.3 is 0 Å². The number of fused-ring (bicyclic) bond motifs is 4. The first-order chi connectivity index (χ1) is 10.7. The highest BCUT2D eigenvalue weighted by atomic mass is 16.5. The summed E-state index contributed by atoms with van der Waals surface area (Å²) >= 11 is 0. The van der Waals surface area contributed by atoms with Gasteiger partial charge in [-0.3, -0.25) is 0 Å². The van der Waals surface area contributed by atoms with Crippen molar-refractivity contribution in [3.8, 4) is 5.75 Å². The van der Waals surface area contributed by atoms with Crippen LogP contribution in [0.1, 0.15) is 11.1 Å². The van der Waals surface area contributed by atoms with E-state index in [1.807, 2.05) is 6.07 Å². The Morgan fingerprint density at radius 1 is 0.682 bits per heavy atom. The molecule has 22 heavy (non-hydrogen) atoms. The highest BCUT2D eigenvalue weighted by Crippen LogP contribution is 2.37. The van der Waals surface area contributed by atoms with Gasteiger partial charge in [-0.1, -0.05) is 42.5 Å². The Morgan fingerprint density at radius 3 is 2.09 bits per heavy atom. The summed E-state index contributed by atoms with van der Waals surface area (Å²) in [5.74, 6) is 0.908. The highest BCUT2D eigenvalue weighted by molar-refractivity contribution is 6.16. The van der Waals surface area contributed by atoms with Crippen molar-refractivity contribution in [1.29, 1.82) is 0 Å². The molecule has 1 nitrogen and oxygen atoms in total. The van der Waals surface area contributed by atoms with Gasteiger partial charge in [0.2, 0.25) is 0 Å². The summed E-state index contributed by atoms with van der Waals surface area (Å²) in [6, 6.07) is 19.4. The van der Waals surface area contributed by atoms with Crippen LogP contribution in [0.25, 0.3) is 32.3 Å². The zero-order chi connectivity index (χ0) is 15.3. The molecule has 0 aromatic heterocycles. The van der Waals surface area contributed by atoms with E-state index >= 15 is 0 Å². The van der Waals surface area contributed by atoms with Crippen molar-refractivity contribution in [3.05, 3.63) is 65.7 Å². The lowest BCUT2D eigenvalue weighted by atomic mass is 9.90. The summed E-state index contributed by atoms with van der Waals surface area (Å²) in [7, 11) is 1.72. The van der Waals surface area contributed by atoms with Gasteiger partial charge in [-0.05, 0) is 69.4 Å². The van der Waals surface area contributed by atoms with Crippen LogP contribution >= 0.6 is 0 Å². The Kier molecular flexibility index (Phi) is 2.83. The largest absolute Gasteiger partial charge is 0.497 e. The normalized spacial score (nSPS) is 11.4. The predicted molar refractivity (Wildman–Crippen MR) is 95.0 cm³/mol. The summed E-state index contributed by atoms with van der Waals surface area (Å²) in [5, 5.41) is 7.87. The van der Waals surface area contributed by atoms with Gasteiger partial charge in [0.05, 0.1) is 7.11 Å². The lowest BCUT2D eigenvalue weighted by molar-refractivity contribution is 0.415. The van der Waals surface area contributed by atoms with Crippen molar-refractivity contribution in [1.82, 2.24) is 0 Å². The molecular weight excluding hydrogens is 268 g/mol. The van der Waals surface area contributed by atoms with Gasteiger partial charge in [-0.2, -0.15) is 0 Å². The second kappa shape index (κ2) is 4.74. The van der Waals surface area contributed by atoms with E-state index in [0.29, 0.717) is 0 Å². The first-order valence-electron chi connectivity index (χ1n) is 7.59. The number of hydrogen-bond acceptors (Lipinski definition) is 1. The number of aryl methyl sites for hydroxylation is 2. The minimum Gasteiger partial charge on any atom is -0.497 e. The molecule has 0 spiro atoms. The van der Waals surface area contributed by atoms with Crippen molar-refractivity contribution in [2.45, 2.75) is 13.8 Å². The summed E-state index contributed by atoms with van der Waals surface area (Å²) in [4.78, 5) is 0. The Labute approximate surface area is 130 Å². The van der Waals surface area contributed by atoms with Crippen molar-refractivity contribution in [2.24, 2.45) is 0 Å². The maximum atomic E-state index is 5.43. The smallest absolute Gasteiger partial charge is 0.119 e. The Morgan fingerprint density at radius 2 is 1.36 bits per heavy atom. The molecule has 4 aromatic rings. The van der Waals surface area contributed by atoms with Crippen LogP contribution in [0, 0.1) is 13.8 Å². The van der Waals surface area contributed by atoms with E-state index in [9.17, 15) is 0 Å². The summed E-state index contributed by atoms with van der Waals surface area (Å²) in [6.45, 7) is 4.44. The molecule has 108 valence electrons. The molecule has 0 bridgehead atoms. The average molecular weight is 286 g/mol. The summed E-state index contributed by atoms with van der Waals surface area (Å²) < 4.78 is 5.43. The van der Waals surface area contributed by atoms with Crippen LogP contribution in [0.15, 0.2) is 54.6 Å². The molecule has 0 aliphatic rings. The van der Waals surface area contributed by atoms with Crippen LogP contribution < -0.4 is 4.74 Å². The second-order valence-electron chi connectivity index (χ2n) is 5.87. The molecule has 0 aliphatic heterocycles. The van der Waals surface area contributed by atoms with Crippen LogP contribution in [0.2, 0.25) is 0 Å². The Hall–Kier alpha value is -2.54. The van der Waals surface area contributed by atoms with Crippen LogP contribution in [0.4, 0.5) is 0 Å². The second-order valence-corrected chi connectivity index (χ2v) is 5.87. The quantitative estimate of drug-likeness (QED) is 0.319. The number of methoxy groups -OCH3 is 1. The lowest BCUT2D eigenvalue weighted by Gasteiger charge is -2.14. The van der Waals surface area contributed by atoms with Gasteiger partial charge in [-0.15, -0.1) is 0 Å². The molecule has 0 atom stereocenters. The van der Waals surface area contributed by atoms with Crippen LogP contribution in [0.5, 0.6) is 5.75 Å². The molecule has 0 radical (unpaired) electrons. The molecule has 0 aliphatic carbocycles. The topological polar surface area (TPSA) is 9.23 Å². The van der Waals surface area contributed by atoms with E-state index in [4.69, 9.17) is 4.74 Å². The third-order valence-electron chi connectivity index (χ3n) is 4.74. The fraction of sp³-hybridized carbons (Fsp3) is 0.143. The third kappa shape index (κ3) is 1.72. The fourth-order valence-corrected chi connectivity index (χ4v) is 3.56. The molecule has 0 saturated heterocycles. The lowest BCUT2D eigenvalue weighted by Crippen LogP contribution is -1.90. The minimum atomic E-state index is 0.908. The number of hydrogen-bond donors (Lipinski definition) is 0. The van der Waals surface area contributed by atoms with E-state index in [0.717, 1.165) is 5.75 Å². The number of rotatable bonds is 1. The van der Waals surface area contributed by atoms with Crippen LogP contribution in [0.3, 0.4) is 0 Å². The van der Waals surface area contributed by atoms with E-state index < -0.39 is 0 Å². The van der Waals surface area contributed by atoms with Crippen molar-refractivity contribution in [3.63, 3.8) is 0 Å². The molecule has 1 heteroatoms. The summed E-state index contributed by atoms with van der Waals surface area (Å²) in [5.41, 5.74) is 2.69. The maximum absolute atomic E-state index is 5.43. The van der Waals surface area contributed by atoms with Crippen LogP contribution in [-0.4, -0.2) is 7.11 Å². The van der Waals surface area contributed by atoms with E-state index in [-0.39, 0.29) is 0 Å². The van der Waals surface area contributed by atoms with Crippen molar-refractivity contribution in [2.75, 3.05) is 7.11 Å². The van der Waals surface area contributed by atoms with E-state index in [1.54, 1.807) is 7.11 Å². The molecule has 0 saturated carbocycles. The first kappa shape index (κ1) is 13.1. The highest BCUT2D eigenvalue weighted by Gasteiger charge is 2.11. The van der Waals surface area contributed by atoms with Gasteiger partial charge in [0.1, 0.15) is 5.75 Å². The fourth-order valence-electron chi connectivity index (χ4n) is 3.56. The maximum Gasteiger partial charge on any atom is 0.119 e. The predicted octanol–water partition coefficient (Wildman–Crippen LogP) is 5.77. The monoisotopic (exact) mass is 286 g/mol. The molecule has 0 N–H and O–H groups in total. The third-order valence-corrected chi connectivity index (χ3v) is 4.74. The molecule has 0 fully saturated rings.